The Morgan fingerprint density at radius 3 is 2.93 bits per heavy atom. The molecule has 1 aromatic heterocycles. The van der Waals surface area contributed by atoms with Crippen LogP contribution in [0.25, 0.3) is 11.0 Å². The Labute approximate surface area is 99.5 Å². The fraction of sp³-hybridized carbons (Fsp3) is 0.300. The molecule has 0 radical (unpaired) electrons. The van der Waals surface area contributed by atoms with Crippen LogP contribution in [0.15, 0.2) is 29.4 Å². The molecule has 0 unspecified atom stereocenters. The average Bonchev–Trinajstić information content (AvgIpc) is 2.60. The topological polar surface area (TPSA) is 40.7 Å². The smallest absolute Gasteiger partial charge is 0.166 e. The van der Waals surface area contributed by atoms with E-state index in [1.54, 1.807) is 11.8 Å². The molecule has 0 amide bonds. The third kappa shape index (κ3) is 3.12. The minimum Gasteiger partial charge on any atom is -0.333 e. The van der Waals surface area contributed by atoms with Crippen LogP contribution in [0, 0.1) is 0 Å². The summed E-state index contributed by atoms with van der Waals surface area (Å²) in [5.74, 6) is 1.04. The van der Waals surface area contributed by atoms with Crippen LogP contribution in [0.4, 0.5) is 0 Å². The van der Waals surface area contributed by atoms with E-state index in [2.05, 4.69) is 15.3 Å². The van der Waals surface area contributed by atoms with Gasteiger partial charge in [-0.2, -0.15) is 0 Å². The highest BCUT2D eigenvalue weighted by atomic mass is 35.5. The lowest BCUT2D eigenvalue weighted by molar-refractivity contribution is 0.870. The van der Waals surface area contributed by atoms with Gasteiger partial charge in [0.25, 0.3) is 0 Å². The number of thioether (sulfide) groups is 1. The second kappa shape index (κ2) is 6.00. The molecule has 0 spiro atoms. The summed E-state index contributed by atoms with van der Waals surface area (Å²) in [6.07, 6.45) is 0. The summed E-state index contributed by atoms with van der Waals surface area (Å²) in [7, 11) is 1.96. The maximum Gasteiger partial charge on any atom is 0.166 e. The van der Waals surface area contributed by atoms with Crippen LogP contribution in [0.5, 0.6) is 0 Å². The first kappa shape index (κ1) is 12.4. The molecule has 1 heterocycles. The molecule has 0 atom stereocenters. The number of hydrogen-bond acceptors (Lipinski definition) is 3. The summed E-state index contributed by atoms with van der Waals surface area (Å²) in [5.41, 5.74) is 2.15. The van der Waals surface area contributed by atoms with Crippen molar-refractivity contribution >= 4 is 35.2 Å². The number of fused-ring (bicyclic) bond motifs is 1. The van der Waals surface area contributed by atoms with Gasteiger partial charge < -0.3 is 10.3 Å². The predicted molar refractivity (Wildman–Crippen MR) is 68.0 cm³/mol. The molecule has 82 valence electrons. The second-order valence-electron chi connectivity index (χ2n) is 3.01. The second-order valence-corrected chi connectivity index (χ2v) is 4.09. The highest BCUT2D eigenvalue weighted by Crippen LogP contribution is 2.18. The number of para-hydroxylation sites is 2. The van der Waals surface area contributed by atoms with Gasteiger partial charge in [0, 0.05) is 12.3 Å². The van der Waals surface area contributed by atoms with Crippen molar-refractivity contribution in [1.29, 1.82) is 0 Å². The Hall–Kier alpha value is -0.710. The lowest BCUT2D eigenvalue weighted by atomic mass is 10.3. The third-order valence-corrected chi connectivity index (χ3v) is 2.83. The van der Waals surface area contributed by atoms with E-state index in [1.165, 1.54) is 0 Å². The number of halogens is 1. The van der Waals surface area contributed by atoms with E-state index < -0.39 is 0 Å². The minimum absolute atomic E-state index is 0. The quantitative estimate of drug-likeness (QED) is 0.640. The number of nitrogens with one attached hydrogen (secondary N) is 2. The van der Waals surface area contributed by atoms with Crippen molar-refractivity contribution in [1.82, 2.24) is 15.3 Å². The summed E-state index contributed by atoms with van der Waals surface area (Å²) in [6, 6.07) is 8.09. The standard InChI is InChI=1S/C10H13N3S.ClH/c1-11-6-7-14-10-12-8-4-2-3-5-9(8)13-10;/h2-5,11H,6-7H2,1H3,(H,12,13);1H. The average molecular weight is 244 g/mol. The predicted octanol–water partition coefficient (Wildman–Crippen LogP) is 2.30. The maximum atomic E-state index is 4.46. The molecular formula is C10H14ClN3S. The Morgan fingerprint density at radius 1 is 1.40 bits per heavy atom. The van der Waals surface area contributed by atoms with Gasteiger partial charge in [0.2, 0.25) is 0 Å². The van der Waals surface area contributed by atoms with E-state index in [1.807, 2.05) is 31.3 Å². The fourth-order valence-electron chi connectivity index (χ4n) is 1.25. The van der Waals surface area contributed by atoms with Crippen LogP contribution >= 0.6 is 24.2 Å². The molecule has 5 heteroatoms. The Morgan fingerprint density at radius 2 is 2.20 bits per heavy atom. The molecule has 0 aliphatic heterocycles. The molecule has 2 N–H and O–H groups in total. The van der Waals surface area contributed by atoms with Gasteiger partial charge in [-0.3, -0.25) is 0 Å². The van der Waals surface area contributed by atoms with Crippen LogP contribution in [-0.2, 0) is 0 Å². The van der Waals surface area contributed by atoms with Crippen molar-refractivity contribution in [2.45, 2.75) is 5.16 Å². The highest BCUT2D eigenvalue weighted by molar-refractivity contribution is 7.99. The van der Waals surface area contributed by atoms with Gasteiger partial charge in [0.05, 0.1) is 11.0 Å². The van der Waals surface area contributed by atoms with Gasteiger partial charge in [-0.25, -0.2) is 4.98 Å². The number of H-pyrrole nitrogens is 1. The van der Waals surface area contributed by atoms with Crippen LogP contribution in [0.1, 0.15) is 0 Å². The van der Waals surface area contributed by atoms with Gasteiger partial charge in [-0.15, -0.1) is 12.4 Å². The van der Waals surface area contributed by atoms with E-state index in [0.717, 1.165) is 28.5 Å². The SMILES string of the molecule is CNCCSc1nc2ccccc2[nH]1.Cl. The number of nitrogens with zero attached hydrogens (tertiary/aromatic N) is 1. The first-order valence-electron chi connectivity index (χ1n) is 4.62. The highest BCUT2D eigenvalue weighted by Gasteiger charge is 2.00. The van der Waals surface area contributed by atoms with Crippen molar-refractivity contribution in [2.24, 2.45) is 0 Å². The van der Waals surface area contributed by atoms with Crippen LogP contribution < -0.4 is 5.32 Å². The van der Waals surface area contributed by atoms with Gasteiger partial charge in [-0.1, -0.05) is 23.9 Å². The van der Waals surface area contributed by atoms with Crippen molar-refractivity contribution in [3.8, 4) is 0 Å². The monoisotopic (exact) mass is 243 g/mol. The van der Waals surface area contributed by atoms with Gasteiger partial charge in [0.1, 0.15) is 0 Å². The molecule has 3 nitrogen and oxygen atoms in total. The summed E-state index contributed by atoms with van der Waals surface area (Å²) < 4.78 is 0. The number of benzene rings is 1. The van der Waals surface area contributed by atoms with Crippen LogP contribution in [0.2, 0.25) is 0 Å². The lowest BCUT2D eigenvalue weighted by Gasteiger charge is -1.95. The third-order valence-electron chi connectivity index (χ3n) is 1.96. The number of hydrogen-bond donors (Lipinski definition) is 2. The van der Waals surface area contributed by atoms with Crippen molar-refractivity contribution in [2.75, 3.05) is 19.3 Å². The summed E-state index contributed by atoms with van der Waals surface area (Å²) in [4.78, 5) is 7.74. The Balaban J connectivity index is 0.00000112. The zero-order valence-corrected chi connectivity index (χ0v) is 10.1. The van der Waals surface area contributed by atoms with Crippen molar-refractivity contribution in [3.05, 3.63) is 24.3 Å². The van der Waals surface area contributed by atoms with Crippen molar-refractivity contribution in [3.63, 3.8) is 0 Å². The number of aromatic nitrogens is 2. The molecule has 15 heavy (non-hydrogen) atoms. The largest absolute Gasteiger partial charge is 0.333 e. The molecule has 2 rings (SSSR count). The summed E-state index contributed by atoms with van der Waals surface area (Å²) >= 11 is 1.74. The van der Waals surface area contributed by atoms with E-state index >= 15 is 0 Å². The molecular weight excluding hydrogens is 230 g/mol. The molecule has 0 saturated carbocycles. The Kier molecular flexibility index (Phi) is 4.94. The van der Waals surface area contributed by atoms with Gasteiger partial charge in [0.15, 0.2) is 5.16 Å². The van der Waals surface area contributed by atoms with Crippen LogP contribution in [0.3, 0.4) is 0 Å². The fourth-order valence-corrected chi connectivity index (χ4v) is 2.09. The summed E-state index contributed by atoms with van der Waals surface area (Å²) in [5, 5.41) is 4.11. The normalized spacial score (nSPS) is 10.2. The first-order valence-corrected chi connectivity index (χ1v) is 5.61. The molecule has 2 aromatic rings. The van der Waals surface area contributed by atoms with E-state index in [-0.39, 0.29) is 12.4 Å². The zero-order valence-electron chi connectivity index (χ0n) is 8.49. The summed E-state index contributed by atoms with van der Waals surface area (Å²) in [6.45, 7) is 1.00. The van der Waals surface area contributed by atoms with Gasteiger partial charge >= 0.3 is 0 Å². The number of imidazole rings is 1. The molecule has 0 bridgehead atoms. The first-order chi connectivity index (χ1) is 6.90. The number of aromatic amines is 1. The molecule has 1 aromatic carbocycles. The Bertz CT molecular complexity index is 383. The van der Waals surface area contributed by atoms with Crippen molar-refractivity contribution < 1.29 is 0 Å². The minimum atomic E-state index is 0. The lowest BCUT2D eigenvalue weighted by Crippen LogP contribution is -2.09. The molecule has 0 saturated heterocycles. The van der Waals surface area contributed by atoms with Crippen LogP contribution in [-0.4, -0.2) is 29.3 Å². The van der Waals surface area contributed by atoms with E-state index in [0.29, 0.717) is 0 Å². The number of rotatable bonds is 4. The van der Waals surface area contributed by atoms with E-state index in [9.17, 15) is 0 Å². The van der Waals surface area contributed by atoms with E-state index in [4.69, 9.17) is 0 Å². The van der Waals surface area contributed by atoms with Gasteiger partial charge in [-0.05, 0) is 19.2 Å². The molecule has 0 aliphatic carbocycles. The molecule has 0 fully saturated rings. The molecule has 0 aliphatic rings. The maximum absolute atomic E-state index is 4.46. The zero-order chi connectivity index (χ0) is 9.80.